The second-order valence-corrected chi connectivity index (χ2v) is 7.57. The Balaban J connectivity index is 1.57. The zero-order valence-corrected chi connectivity index (χ0v) is 16.1. The summed E-state index contributed by atoms with van der Waals surface area (Å²) in [5.41, 5.74) is 0.863. The summed E-state index contributed by atoms with van der Waals surface area (Å²) >= 11 is 0.879. The summed E-state index contributed by atoms with van der Waals surface area (Å²) in [6.07, 6.45) is -2.53. The van der Waals surface area contributed by atoms with E-state index in [-0.39, 0.29) is 34.3 Å². The molecule has 0 radical (unpaired) electrons. The van der Waals surface area contributed by atoms with Gasteiger partial charge in [0.1, 0.15) is 11.4 Å². The SMILES string of the molecule is C[C@@H]1Cc2ccccc2N1C(=O)CSc1nc(-c2ccco2)cc(C(F)(F)F)n1. The summed E-state index contributed by atoms with van der Waals surface area (Å²) in [4.78, 5) is 22.2. The monoisotopic (exact) mass is 419 g/mol. The van der Waals surface area contributed by atoms with Crippen LogP contribution in [-0.4, -0.2) is 27.7 Å². The number of alkyl halides is 3. The molecule has 9 heteroatoms. The van der Waals surface area contributed by atoms with Crippen LogP contribution < -0.4 is 4.90 Å². The molecule has 0 N–H and O–H groups in total. The third-order valence-electron chi connectivity index (χ3n) is 4.57. The molecule has 0 fully saturated rings. The standard InChI is InChI=1S/C20H16F3N3O2S/c1-12-9-13-5-2-3-6-15(13)26(12)18(27)11-29-19-24-14(16-7-4-8-28-16)10-17(25-19)20(21,22)23/h2-8,10,12H,9,11H2,1H3/t12-/m1/s1. The van der Waals surface area contributed by atoms with Crippen LogP contribution >= 0.6 is 11.8 Å². The van der Waals surface area contributed by atoms with Gasteiger partial charge in [0.15, 0.2) is 10.9 Å². The Labute approximate surface area is 169 Å². The van der Waals surface area contributed by atoms with Crippen LogP contribution in [0.25, 0.3) is 11.5 Å². The molecule has 4 rings (SSSR count). The molecule has 1 aromatic carbocycles. The van der Waals surface area contributed by atoms with Crippen molar-refractivity contribution in [1.82, 2.24) is 9.97 Å². The highest BCUT2D eigenvalue weighted by molar-refractivity contribution is 7.99. The summed E-state index contributed by atoms with van der Waals surface area (Å²) in [6.45, 7) is 1.94. The van der Waals surface area contributed by atoms with Crippen molar-refractivity contribution in [2.75, 3.05) is 10.7 Å². The predicted molar refractivity (Wildman–Crippen MR) is 103 cm³/mol. The lowest BCUT2D eigenvalue weighted by atomic mass is 10.1. The van der Waals surface area contributed by atoms with E-state index in [1.807, 2.05) is 31.2 Å². The highest BCUT2D eigenvalue weighted by atomic mass is 32.2. The van der Waals surface area contributed by atoms with Crippen molar-refractivity contribution in [2.24, 2.45) is 0 Å². The fourth-order valence-corrected chi connectivity index (χ4v) is 4.04. The number of furan rings is 1. The van der Waals surface area contributed by atoms with Crippen LogP contribution in [0.15, 0.2) is 58.3 Å². The van der Waals surface area contributed by atoms with Crippen LogP contribution in [0.2, 0.25) is 0 Å². The Morgan fingerprint density at radius 3 is 2.76 bits per heavy atom. The number of rotatable bonds is 4. The van der Waals surface area contributed by atoms with Crippen molar-refractivity contribution in [3.63, 3.8) is 0 Å². The molecule has 2 aromatic heterocycles. The molecule has 0 saturated heterocycles. The van der Waals surface area contributed by atoms with Crippen molar-refractivity contribution in [3.05, 3.63) is 60.0 Å². The van der Waals surface area contributed by atoms with E-state index in [2.05, 4.69) is 9.97 Å². The molecule has 1 amide bonds. The highest BCUT2D eigenvalue weighted by Crippen LogP contribution is 2.34. The van der Waals surface area contributed by atoms with E-state index in [1.165, 1.54) is 12.3 Å². The second kappa shape index (κ2) is 7.55. The normalized spacial score (nSPS) is 16.1. The van der Waals surface area contributed by atoms with Gasteiger partial charge in [0.05, 0.1) is 12.0 Å². The number of amides is 1. The minimum absolute atomic E-state index is 0.0124. The van der Waals surface area contributed by atoms with Gasteiger partial charge < -0.3 is 9.32 Å². The third-order valence-corrected chi connectivity index (χ3v) is 5.40. The van der Waals surface area contributed by atoms with Gasteiger partial charge in [0, 0.05) is 11.7 Å². The Hall–Kier alpha value is -2.81. The van der Waals surface area contributed by atoms with Gasteiger partial charge in [0.2, 0.25) is 5.91 Å². The van der Waals surface area contributed by atoms with Crippen molar-refractivity contribution >= 4 is 23.4 Å². The topological polar surface area (TPSA) is 59.2 Å². The van der Waals surface area contributed by atoms with Gasteiger partial charge in [-0.05, 0) is 43.2 Å². The van der Waals surface area contributed by atoms with Crippen LogP contribution in [-0.2, 0) is 17.4 Å². The van der Waals surface area contributed by atoms with E-state index in [4.69, 9.17) is 4.42 Å². The summed E-state index contributed by atoms with van der Waals surface area (Å²) in [5.74, 6) is -0.0708. The molecule has 1 aliphatic rings. The number of halogens is 3. The molecule has 150 valence electrons. The molecule has 0 bridgehead atoms. The largest absolute Gasteiger partial charge is 0.463 e. The van der Waals surface area contributed by atoms with Gasteiger partial charge in [-0.2, -0.15) is 13.2 Å². The summed E-state index contributed by atoms with van der Waals surface area (Å²) in [5, 5.41) is -0.125. The second-order valence-electron chi connectivity index (χ2n) is 6.63. The van der Waals surface area contributed by atoms with Gasteiger partial charge in [0.25, 0.3) is 0 Å². The van der Waals surface area contributed by atoms with Crippen LogP contribution in [0.5, 0.6) is 0 Å². The molecule has 1 aliphatic heterocycles. The maximum atomic E-state index is 13.2. The maximum absolute atomic E-state index is 13.2. The van der Waals surface area contributed by atoms with E-state index >= 15 is 0 Å². The predicted octanol–water partition coefficient (Wildman–Crippen LogP) is 4.83. The molecule has 0 spiro atoms. The van der Waals surface area contributed by atoms with Crippen molar-refractivity contribution in [2.45, 2.75) is 30.7 Å². The zero-order valence-electron chi connectivity index (χ0n) is 15.3. The zero-order chi connectivity index (χ0) is 20.6. The van der Waals surface area contributed by atoms with E-state index in [1.54, 1.807) is 11.0 Å². The third kappa shape index (κ3) is 4.00. The first-order valence-corrected chi connectivity index (χ1v) is 9.84. The van der Waals surface area contributed by atoms with Crippen molar-refractivity contribution in [3.8, 4) is 11.5 Å². The number of anilines is 1. The number of para-hydroxylation sites is 1. The molecule has 0 saturated carbocycles. The average molecular weight is 419 g/mol. The van der Waals surface area contributed by atoms with Gasteiger partial charge in [-0.25, -0.2) is 9.97 Å². The van der Waals surface area contributed by atoms with Gasteiger partial charge in [-0.1, -0.05) is 30.0 Å². The van der Waals surface area contributed by atoms with Crippen LogP contribution in [0, 0.1) is 0 Å². The first-order chi connectivity index (χ1) is 13.8. The molecule has 3 aromatic rings. The molecule has 0 aliphatic carbocycles. The summed E-state index contributed by atoms with van der Waals surface area (Å²) < 4.78 is 44.9. The first kappa shape index (κ1) is 19.5. The number of nitrogens with zero attached hydrogens (tertiary/aromatic N) is 3. The molecule has 1 atom stereocenters. The van der Waals surface area contributed by atoms with E-state index < -0.39 is 11.9 Å². The number of fused-ring (bicyclic) bond motifs is 1. The number of hydrogen-bond donors (Lipinski definition) is 0. The minimum atomic E-state index is -4.63. The molecule has 5 nitrogen and oxygen atoms in total. The highest BCUT2D eigenvalue weighted by Gasteiger charge is 2.35. The fraction of sp³-hybridized carbons (Fsp3) is 0.250. The Kier molecular flexibility index (Phi) is 5.08. The Morgan fingerprint density at radius 1 is 1.24 bits per heavy atom. The molecule has 3 heterocycles. The van der Waals surface area contributed by atoms with E-state index in [0.717, 1.165) is 35.5 Å². The average Bonchev–Trinajstić information content (AvgIpc) is 3.32. The first-order valence-electron chi connectivity index (χ1n) is 8.86. The van der Waals surface area contributed by atoms with Gasteiger partial charge in [-0.3, -0.25) is 4.79 Å². The number of benzene rings is 1. The van der Waals surface area contributed by atoms with E-state index in [0.29, 0.717) is 0 Å². The maximum Gasteiger partial charge on any atom is 0.433 e. The Morgan fingerprint density at radius 2 is 2.03 bits per heavy atom. The van der Waals surface area contributed by atoms with Crippen molar-refractivity contribution < 1.29 is 22.4 Å². The molecular weight excluding hydrogens is 403 g/mol. The summed E-state index contributed by atoms with van der Waals surface area (Å²) in [7, 11) is 0. The smallest absolute Gasteiger partial charge is 0.433 e. The quantitative estimate of drug-likeness (QED) is 0.448. The van der Waals surface area contributed by atoms with Crippen molar-refractivity contribution in [1.29, 1.82) is 0 Å². The Bertz CT molecular complexity index is 1040. The number of carbonyl (C=O) groups is 1. The minimum Gasteiger partial charge on any atom is -0.463 e. The van der Waals surface area contributed by atoms with Gasteiger partial charge in [-0.15, -0.1) is 0 Å². The lowest BCUT2D eigenvalue weighted by molar-refractivity contribution is -0.141. The van der Waals surface area contributed by atoms with Crippen LogP contribution in [0.4, 0.5) is 18.9 Å². The summed E-state index contributed by atoms with van der Waals surface area (Å²) in [6, 6.07) is 11.5. The number of aromatic nitrogens is 2. The number of hydrogen-bond acceptors (Lipinski definition) is 5. The van der Waals surface area contributed by atoms with Crippen LogP contribution in [0.3, 0.4) is 0 Å². The molecule has 0 unspecified atom stereocenters. The number of thioether (sulfide) groups is 1. The lowest BCUT2D eigenvalue weighted by Gasteiger charge is -2.22. The lowest BCUT2D eigenvalue weighted by Crippen LogP contribution is -2.37. The molecule has 29 heavy (non-hydrogen) atoms. The molecular formula is C20H16F3N3O2S. The fourth-order valence-electron chi connectivity index (χ4n) is 3.33. The van der Waals surface area contributed by atoms with Crippen LogP contribution in [0.1, 0.15) is 18.2 Å². The van der Waals surface area contributed by atoms with Gasteiger partial charge >= 0.3 is 6.18 Å². The van der Waals surface area contributed by atoms with E-state index in [9.17, 15) is 18.0 Å². The number of carbonyl (C=O) groups excluding carboxylic acids is 1.